The molecule has 1 aliphatic rings. The lowest BCUT2D eigenvalue weighted by molar-refractivity contribution is 0.383. The molecular weight excluding hydrogens is 400 g/mol. The molecule has 0 N–H and O–H groups in total. The van der Waals surface area contributed by atoms with Crippen LogP contribution in [0.1, 0.15) is 11.1 Å². The minimum atomic E-state index is -3.53. The summed E-state index contributed by atoms with van der Waals surface area (Å²) >= 11 is 0. The van der Waals surface area contributed by atoms with Gasteiger partial charge in [-0.1, -0.05) is 24.3 Å². The second-order valence-electron chi connectivity index (χ2n) is 7.63. The van der Waals surface area contributed by atoms with E-state index >= 15 is 0 Å². The van der Waals surface area contributed by atoms with E-state index in [4.69, 9.17) is 4.42 Å². The minimum absolute atomic E-state index is 0.387. The van der Waals surface area contributed by atoms with E-state index in [1.807, 2.05) is 50.2 Å². The number of hydrogen-bond donors (Lipinski definition) is 0. The molecule has 8 heteroatoms. The van der Waals surface area contributed by atoms with Gasteiger partial charge >= 0.3 is 0 Å². The van der Waals surface area contributed by atoms with Gasteiger partial charge in [-0.25, -0.2) is 18.4 Å². The maximum atomic E-state index is 13.2. The molecule has 0 saturated carbocycles. The Balaban J connectivity index is 1.43. The summed E-state index contributed by atoms with van der Waals surface area (Å²) in [4.78, 5) is 11.3. The summed E-state index contributed by atoms with van der Waals surface area (Å²) in [5, 5.41) is 0.951. The molecule has 0 atom stereocenters. The monoisotopic (exact) mass is 422 g/mol. The number of piperazine rings is 1. The van der Waals surface area contributed by atoms with Crippen LogP contribution in [-0.4, -0.2) is 48.9 Å². The van der Waals surface area contributed by atoms with Crippen LogP contribution in [0.25, 0.3) is 22.1 Å². The van der Waals surface area contributed by atoms with Gasteiger partial charge < -0.3 is 9.32 Å². The third kappa shape index (κ3) is 3.03. The highest BCUT2D eigenvalue weighted by Crippen LogP contribution is 2.33. The third-order valence-corrected chi connectivity index (χ3v) is 7.68. The lowest BCUT2D eigenvalue weighted by Crippen LogP contribution is -2.49. The molecule has 0 aliphatic carbocycles. The van der Waals surface area contributed by atoms with E-state index in [9.17, 15) is 8.42 Å². The van der Waals surface area contributed by atoms with E-state index in [0.717, 1.165) is 27.6 Å². The van der Waals surface area contributed by atoms with E-state index in [0.29, 0.717) is 42.5 Å². The molecule has 0 unspecified atom stereocenters. The fourth-order valence-electron chi connectivity index (χ4n) is 4.00. The van der Waals surface area contributed by atoms with Gasteiger partial charge in [0.25, 0.3) is 0 Å². The van der Waals surface area contributed by atoms with Gasteiger partial charge in [0.2, 0.25) is 10.0 Å². The quantitative estimate of drug-likeness (QED) is 0.503. The predicted molar refractivity (Wildman–Crippen MR) is 116 cm³/mol. The summed E-state index contributed by atoms with van der Waals surface area (Å²) in [7, 11) is -3.53. The number of aryl methyl sites for hydroxylation is 2. The van der Waals surface area contributed by atoms with Gasteiger partial charge in [0.15, 0.2) is 11.4 Å². The number of nitrogens with zero attached hydrogens (tertiary/aromatic N) is 4. The predicted octanol–water partition coefficient (Wildman–Crippen LogP) is 3.50. The molecule has 0 spiro atoms. The summed E-state index contributed by atoms with van der Waals surface area (Å²) in [6.07, 6.45) is 1.54. The maximum Gasteiger partial charge on any atom is 0.243 e. The summed E-state index contributed by atoms with van der Waals surface area (Å²) in [5.41, 5.74) is 3.89. The van der Waals surface area contributed by atoms with Gasteiger partial charge in [-0.2, -0.15) is 4.31 Å². The van der Waals surface area contributed by atoms with E-state index in [1.54, 1.807) is 16.7 Å². The van der Waals surface area contributed by atoms with E-state index in [2.05, 4.69) is 14.9 Å². The zero-order chi connectivity index (χ0) is 20.9. The van der Waals surface area contributed by atoms with Gasteiger partial charge in [-0.05, 0) is 43.2 Å². The molecular formula is C22H22N4O3S. The molecule has 154 valence electrons. The highest BCUT2D eigenvalue weighted by molar-refractivity contribution is 7.89. The Morgan fingerprint density at radius 3 is 2.53 bits per heavy atom. The molecule has 30 heavy (non-hydrogen) atoms. The molecule has 0 radical (unpaired) electrons. The van der Waals surface area contributed by atoms with Crippen molar-refractivity contribution in [3.8, 4) is 0 Å². The zero-order valence-electron chi connectivity index (χ0n) is 16.9. The highest BCUT2D eigenvalue weighted by Gasteiger charge is 2.31. The highest BCUT2D eigenvalue weighted by atomic mass is 32.2. The number of sulfonamides is 1. The number of fused-ring (bicyclic) bond motifs is 3. The van der Waals surface area contributed by atoms with Gasteiger partial charge in [-0.3, -0.25) is 0 Å². The van der Waals surface area contributed by atoms with Crippen LogP contribution >= 0.6 is 0 Å². The van der Waals surface area contributed by atoms with Crippen molar-refractivity contribution in [2.45, 2.75) is 18.7 Å². The topological polar surface area (TPSA) is 79.5 Å². The number of benzene rings is 2. The molecule has 1 saturated heterocycles. The lowest BCUT2D eigenvalue weighted by atomic mass is 10.2. The first-order valence-electron chi connectivity index (χ1n) is 9.90. The molecule has 7 nitrogen and oxygen atoms in total. The lowest BCUT2D eigenvalue weighted by Gasteiger charge is -2.34. The molecule has 4 aromatic rings. The Hall–Kier alpha value is -2.97. The Labute approximate surface area is 175 Å². The summed E-state index contributed by atoms with van der Waals surface area (Å²) in [6.45, 7) is 5.59. The average Bonchev–Trinajstić information content (AvgIpc) is 3.14. The van der Waals surface area contributed by atoms with Gasteiger partial charge in [0.1, 0.15) is 17.4 Å². The number of furan rings is 1. The van der Waals surface area contributed by atoms with Gasteiger partial charge in [0.05, 0.1) is 4.90 Å². The molecule has 0 bridgehead atoms. The van der Waals surface area contributed by atoms with Gasteiger partial charge in [0, 0.05) is 31.6 Å². The van der Waals surface area contributed by atoms with Crippen LogP contribution in [0.15, 0.2) is 58.1 Å². The van der Waals surface area contributed by atoms with Crippen LogP contribution in [0.2, 0.25) is 0 Å². The van der Waals surface area contributed by atoms with Crippen molar-refractivity contribution in [1.29, 1.82) is 0 Å². The van der Waals surface area contributed by atoms with Crippen LogP contribution in [-0.2, 0) is 10.0 Å². The first-order valence-corrected chi connectivity index (χ1v) is 11.3. The molecule has 5 rings (SSSR count). The molecule has 2 aromatic heterocycles. The summed E-state index contributed by atoms with van der Waals surface area (Å²) in [6, 6.07) is 13.3. The first-order chi connectivity index (χ1) is 14.4. The standard InChI is InChI=1S/C22H22N4O3S/c1-15-7-8-16(2)19(13-15)30(27,28)26-11-9-25(10-12-26)22-21-20(23-14-24-22)17-5-3-4-6-18(17)29-21/h3-8,13-14H,9-12H2,1-2H3. The van der Waals surface area contributed by atoms with Crippen molar-refractivity contribution in [1.82, 2.24) is 14.3 Å². The normalized spacial score (nSPS) is 15.9. The molecule has 0 amide bonds. The SMILES string of the molecule is Cc1ccc(C)c(S(=O)(=O)N2CCN(c3ncnc4c3oc3ccccc34)CC2)c1. The second-order valence-corrected chi connectivity index (χ2v) is 9.54. The van der Waals surface area contributed by atoms with E-state index in [-0.39, 0.29) is 0 Å². The minimum Gasteiger partial charge on any atom is -0.450 e. The van der Waals surface area contributed by atoms with Crippen molar-refractivity contribution in [3.63, 3.8) is 0 Å². The van der Waals surface area contributed by atoms with Crippen molar-refractivity contribution in [2.75, 3.05) is 31.1 Å². The van der Waals surface area contributed by atoms with Crippen LogP contribution in [0.5, 0.6) is 0 Å². The van der Waals surface area contributed by atoms with Crippen molar-refractivity contribution < 1.29 is 12.8 Å². The number of aromatic nitrogens is 2. The number of rotatable bonds is 3. The largest absolute Gasteiger partial charge is 0.450 e. The van der Waals surface area contributed by atoms with Crippen LogP contribution in [0, 0.1) is 13.8 Å². The number of para-hydroxylation sites is 1. The first kappa shape index (κ1) is 19.0. The molecule has 3 heterocycles. The zero-order valence-corrected chi connectivity index (χ0v) is 17.7. The Morgan fingerprint density at radius 2 is 1.73 bits per heavy atom. The van der Waals surface area contributed by atoms with Crippen molar-refractivity contribution >= 4 is 37.9 Å². The van der Waals surface area contributed by atoms with Crippen molar-refractivity contribution in [2.24, 2.45) is 0 Å². The average molecular weight is 423 g/mol. The van der Waals surface area contributed by atoms with Gasteiger partial charge in [-0.15, -0.1) is 0 Å². The van der Waals surface area contributed by atoms with Crippen molar-refractivity contribution in [3.05, 3.63) is 59.9 Å². The summed E-state index contributed by atoms with van der Waals surface area (Å²) < 4.78 is 34.0. The fourth-order valence-corrected chi connectivity index (χ4v) is 5.73. The Morgan fingerprint density at radius 1 is 0.967 bits per heavy atom. The number of hydrogen-bond acceptors (Lipinski definition) is 6. The number of anilines is 1. The maximum absolute atomic E-state index is 13.2. The smallest absolute Gasteiger partial charge is 0.243 e. The van der Waals surface area contributed by atoms with Crippen LogP contribution < -0.4 is 4.90 Å². The Kier molecular flexibility index (Phi) is 4.48. The molecule has 1 aliphatic heterocycles. The molecule has 2 aromatic carbocycles. The third-order valence-electron chi connectivity index (χ3n) is 5.64. The summed E-state index contributed by atoms with van der Waals surface area (Å²) in [5.74, 6) is 0.708. The van der Waals surface area contributed by atoms with E-state index in [1.165, 1.54) is 0 Å². The second kappa shape index (κ2) is 7.07. The fraction of sp³-hybridized carbons (Fsp3) is 0.273. The molecule has 1 fully saturated rings. The van der Waals surface area contributed by atoms with E-state index < -0.39 is 10.0 Å². The van der Waals surface area contributed by atoms with Crippen LogP contribution in [0.3, 0.4) is 0 Å². The Bertz CT molecular complexity index is 1360. The van der Waals surface area contributed by atoms with Crippen LogP contribution in [0.4, 0.5) is 5.82 Å².